The number of benzene rings is 1. The van der Waals surface area contributed by atoms with Gasteiger partial charge in [0, 0.05) is 10.4 Å². The van der Waals surface area contributed by atoms with Crippen LogP contribution >= 0.6 is 46.7 Å². The first-order chi connectivity index (χ1) is 12.6. The Kier molecular flexibility index (Phi) is 4.31. The second-order valence-corrected chi connectivity index (χ2v) is 9.68. The van der Waals surface area contributed by atoms with Gasteiger partial charge in [-0.1, -0.05) is 54.2 Å². The summed E-state index contributed by atoms with van der Waals surface area (Å²) in [4.78, 5) is 0.106. The number of nitrogens with zero attached hydrogens (tertiary/aromatic N) is 4. The van der Waals surface area contributed by atoms with Gasteiger partial charge in [0.1, 0.15) is 22.3 Å². The van der Waals surface area contributed by atoms with E-state index in [0.717, 1.165) is 16.0 Å². The average Bonchev–Trinajstić information content (AvgIpc) is 3.27. The van der Waals surface area contributed by atoms with Crippen molar-refractivity contribution < 1.29 is 4.74 Å². The summed E-state index contributed by atoms with van der Waals surface area (Å²) in [5.74, 6) is 1.67. The number of hydrogen-bond acceptors (Lipinski definition) is 7. The van der Waals surface area contributed by atoms with Gasteiger partial charge >= 0.3 is 0 Å². The maximum atomic E-state index is 6.16. The van der Waals surface area contributed by atoms with Gasteiger partial charge in [0.15, 0.2) is 5.82 Å². The first kappa shape index (κ1) is 17.1. The van der Waals surface area contributed by atoms with Crippen LogP contribution in [-0.4, -0.2) is 31.7 Å². The average molecular weight is 427 g/mol. The Morgan fingerprint density at radius 1 is 1.15 bits per heavy atom. The van der Waals surface area contributed by atoms with Crippen molar-refractivity contribution in [2.75, 3.05) is 6.61 Å². The second-order valence-electron chi connectivity index (χ2n) is 6.57. The van der Waals surface area contributed by atoms with E-state index in [2.05, 4.69) is 10.4 Å². The highest BCUT2D eigenvalue weighted by Gasteiger charge is 2.50. The molecule has 0 bridgehead atoms. The van der Waals surface area contributed by atoms with Crippen LogP contribution in [0.4, 0.5) is 0 Å². The Morgan fingerprint density at radius 2 is 2.00 bits per heavy atom. The SMILES string of the molecule is Clc1ccc(OCC2=NN3C4=CSC5(CCCCC5)N4N=C3S2)c(Cl)c1. The van der Waals surface area contributed by atoms with Gasteiger partial charge in [-0.05, 0) is 42.8 Å². The fourth-order valence-corrected chi connectivity index (χ4v) is 6.14. The Labute approximate surface area is 170 Å². The first-order valence-electron chi connectivity index (χ1n) is 8.55. The lowest BCUT2D eigenvalue weighted by Gasteiger charge is -2.37. The van der Waals surface area contributed by atoms with Crippen LogP contribution in [0.3, 0.4) is 0 Å². The summed E-state index contributed by atoms with van der Waals surface area (Å²) in [5.41, 5.74) is 0. The molecule has 5 rings (SSSR count). The van der Waals surface area contributed by atoms with E-state index in [4.69, 9.17) is 38.1 Å². The molecular formula is C17H16Cl2N4OS2. The van der Waals surface area contributed by atoms with Crippen molar-refractivity contribution in [3.8, 4) is 5.75 Å². The van der Waals surface area contributed by atoms with E-state index in [1.807, 2.05) is 16.8 Å². The van der Waals surface area contributed by atoms with E-state index >= 15 is 0 Å². The molecule has 0 amide bonds. The van der Waals surface area contributed by atoms with Gasteiger partial charge in [-0.15, -0.1) is 5.10 Å². The third-order valence-electron chi connectivity index (χ3n) is 4.87. The maximum absolute atomic E-state index is 6.16. The Morgan fingerprint density at radius 3 is 2.81 bits per heavy atom. The molecule has 5 nitrogen and oxygen atoms in total. The van der Waals surface area contributed by atoms with Crippen molar-refractivity contribution in [2.45, 2.75) is 37.0 Å². The molecule has 1 aromatic carbocycles. The summed E-state index contributed by atoms with van der Waals surface area (Å²) in [7, 11) is 0. The molecule has 1 spiro atoms. The van der Waals surface area contributed by atoms with E-state index in [1.54, 1.807) is 30.0 Å². The first-order valence-corrected chi connectivity index (χ1v) is 11.0. The van der Waals surface area contributed by atoms with Crippen molar-refractivity contribution in [3.05, 3.63) is 39.5 Å². The predicted molar refractivity (Wildman–Crippen MR) is 110 cm³/mol. The lowest BCUT2D eigenvalue weighted by molar-refractivity contribution is 0.170. The minimum Gasteiger partial charge on any atom is -0.485 e. The molecule has 4 aliphatic rings. The molecule has 3 heterocycles. The van der Waals surface area contributed by atoms with Crippen LogP contribution in [0.2, 0.25) is 10.0 Å². The second kappa shape index (κ2) is 6.55. The van der Waals surface area contributed by atoms with Crippen LogP contribution < -0.4 is 4.74 Å². The van der Waals surface area contributed by atoms with Crippen molar-refractivity contribution in [1.82, 2.24) is 10.0 Å². The summed E-state index contributed by atoms with van der Waals surface area (Å²) in [6.45, 7) is 0.354. The zero-order valence-electron chi connectivity index (χ0n) is 13.8. The summed E-state index contributed by atoms with van der Waals surface area (Å²) >= 11 is 15.5. The lowest BCUT2D eigenvalue weighted by Crippen LogP contribution is -2.40. The topological polar surface area (TPSA) is 40.4 Å². The van der Waals surface area contributed by atoms with E-state index < -0.39 is 0 Å². The van der Waals surface area contributed by atoms with Crippen molar-refractivity contribution in [1.29, 1.82) is 0 Å². The normalized spacial score (nSPS) is 22.9. The molecular weight excluding hydrogens is 411 g/mol. The standard InChI is InChI=1S/C17H16Cl2N4OS2/c18-11-4-5-13(12(19)8-11)24-9-14-20-22-15-10-25-17(6-2-1-3-7-17)23(15)21-16(22)26-14/h4-5,8,10H,1-3,6-7,9H2. The molecule has 1 aliphatic carbocycles. The van der Waals surface area contributed by atoms with E-state index in [1.165, 1.54) is 32.1 Å². The monoisotopic (exact) mass is 426 g/mol. The molecule has 26 heavy (non-hydrogen) atoms. The third kappa shape index (κ3) is 2.80. The molecule has 0 N–H and O–H groups in total. The molecule has 1 fully saturated rings. The number of ether oxygens (including phenoxy) is 1. The molecule has 1 saturated carbocycles. The number of thioether (sulfide) groups is 2. The van der Waals surface area contributed by atoms with Gasteiger partial charge in [0.05, 0.1) is 5.02 Å². The Hall–Kier alpha value is -1.02. The number of halogens is 2. The minimum absolute atomic E-state index is 0.106. The van der Waals surface area contributed by atoms with Crippen LogP contribution in [0.15, 0.2) is 39.6 Å². The predicted octanol–water partition coefficient (Wildman–Crippen LogP) is 5.53. The van der Waals surface area contributed by atoms with Crippen LogP contribution in [0.25, 0.3) is 0 Å². The molecule has 1 aromatic rings. The van der Waals surface area contributed by atoms with Crippen LogP contribution in [0, 0.1) is 0 Å². The minimum atomic E-state index is 0.106. The van der Waals surface area contributed by atoms with E-state index in [0.29, 0.717) is 22.4 Å². The fourth-order valence-electron chi connectivity index (χ4n) is 3.60. The summed E-state index contributed by atoms with van der Waals surface area (Å²) in [5, 5.41) is 18.7. The zero-order chi connectivity index (χ0) is 17.7. The van der Waals surface area contributed by atoms with Crippen molar-refractivity contribution in [3.63, 3.8) is 0 Å². The zero-order valence-corrected chi connectivity index (χ0v) is 17.0. The van der Waals surface area contributed by atoms with Crippen LogP contribution in [0.5, 0.6) is 5.75 Å². The third-order valence-corrected chi connectivity index (χ3v) is 7.62. The molecule has 0 saturated heterocycles. The number of amidine groups is 1. The number of rotatable bonds is 3. The van der Waals surface area contributed by atoms with E-state index in [-0.39, 0.29) is 4.87 Å². The molecule has 9 heteroatoms. The molecule has 0 aromatic heterocycles. The summed E-state index contributed by atoms with van der Waals surface area (Å²) in [6.07, 6.45) is 6.23. The van der Waals surface area contributed by atoms with Crippen molar-refractivity contribution in [2.24, 2.45) is 10.2 Å². The van der Waals surface area contributed by atoms with Gasteiger partial charge in [-0.25, -0.2) is 5.01 Å². The van der Waals surface area contributed by atoms with Gasteiger partial charge in [0.2, 0.25) is 5.17 Å². The highest BCUT2D eigenvalue weighted by Crippen LogP contribution is 2.54. The Balaban J connectivity index is 1.28. The highest BCUT2D eigenvalue weighted by molar-refractivity contribution is 8.26. The summed E-state index contributed by atoms with van der Waals surface area (Å²) in [6, 6.07) is 5.21. The summed E-state index contributed by atoms with van der Waals surface area (Å²) < 4.78 is 5.80. The number of fused-ring (bicyclic) bond motifs is 4. The number of hydrogen-bond donors (Lipinski definition) is 0. The highest BCUT2D eigenvalue weighted by atomic mass is 35.5. The lowest BCUT2D eigenvalue weighted by atomic mass is 9.94. The van der Waals surface area contributed by atoms with Gasteiger partial charge < -0.3 is 4.74 Å². The van der Waals surface area contributed by atoms with Crippen molar-refractivity contribution >= 4 is 56.9 Å². The molecule has 0 unspecified atom stereocenters. The van der Waals surface area contributed by atoms with Crippen LogP contribution in [0.1, 0.15) is 32.1 Å². The van der Waals surface area contributed by atoms with Gasteiger partial charge in [-0.2, -0.15) is 10.1 Å². The van der Waals surface area contributed by atoms with Gasteiger partial charge in [-0.3, -0.25) is 0 Å². The fraction of sp³-hybridized carbons (Fsp3) is 0.412. The number of hydrazone groups is 2. The van der Waals surface area contributed by atoms with E-state index in [9.17, 15) is 0 Å². The van der Waals surface area contributed by atoms with Crippen LogP contribution in [-0.2, 0) is 0 Å². The quantitative estimate of drug-likeness (QED) is 0.635. The Bertz CT molecular complexity index is 851. The molecule has 0 atom stereocenters. The molecule has 136 valence electrons. The maximum Gasteiger partial charge on any atom is 0.216 e. The smallest absolute Gasteiger partial charge is 0.216 e. The molecule has 0 radical (unpaired) electrons. The largest absolute Gasteiger partial charge is 0.485 e. The molecule has 3 aliphatic heterocycles. The van der Waals surface area contributed by atoms with Gasteiger partial charge in [0.25, 0.3) is 0 Å².